The molecule has 2 aromatic rings. The number of alkyl halides is 3. The molecule has 126 valence electrons. The van der Waals surface area contributed by atoms with Gasteiger partial charge in [0.05, 0.1) is 17.7 Å². The van der Waals surface area contributed by atoms with E-state index in [4.69, 9.17) is 5.73 Å². The van der Waals surface area contributed by atoms with Crippen LogP contribution < -0.4 is 11.1 Å². The lowest BCUT2D eigenvalue weighted by molar-refractivity contribution is -0.137. The smallest absolute Gasteiger partial charge is 0.416 e. The third kappa shape index (κ3) is 4.48. The summed E-state index contributed by atoms with van der Waals surface area (Å²) in [5.74, 6) is -1.83. The zero-order chi connectivity index (χ0) is 17.7. The SMILES string of the molecule is NC(=NCc1ccccc1)NC(=O)c1cc(C(F)(F)F)ccc1O. The van der Waals surface area contributed by atoms with Gasteiger partial charge >= 0.3 is 6.18 Å². The Morgan fingerprint density at radius 2 is 1.83 bits per heavy atom. The second kappa shape index (κ2) is 7.03. The maximum absolute atomic E-state index is 12.7. The zero-order valence-electron chi connectivity index (χ0n) is 12.3. The highest BCUT2D eigenvalue weighted by molar-refractivity contribution is 6.06. The average molecular weight is 337 g/mol. The number of nitrogens with one attached hydrogen (secondary N) is 1. The summed E-state index contributed by atoms with van der Waals surface area (Å²) < 4.78 is 38.0. The Morgan fingerprint density at radius 3 is 2.46 bits per heavy atom. The molecule has 0 aromatic heterocycles. The largest absolute Gasteiger partial charge is 0.507 e. The molecule has 0 heterocycles. The van der Waals surface area contributed by atoms with Gasteiger partial charge in [-0.2, -0.15) is 13.2 Å². The standard InChI is InChI=1S/C16H14F3N3O2/c17-16(18,19)11-6-7-13(23)12(8-11)14(24)22-15(20)21-9-10-4-2-1-3-5-10/h1-8,23H,9H2,(H3,20,21,22,24). The van der Waals surface area contributed by atoms with Gasteiger partial charge in [-0.15, -0.1) is 0 Å². The van der Waals surface area contributed by atoms with Crippen LogP contribution >= 0.6 is 0 Å². The number of amides is 1. The molecular formula is C16H14F3N3O2. The number of aliphatic imine (C=N–C) groups is 1. The van der Waals surface area contributed by atoms with E-state index in [0.29, 0.717) is 12.1 Å². The molecule has 0 saturated heterocycles. The van der Waals surface area contributed by atoms with E-state index in [0.717, 1.165) is 11.6 Å². The highest BCUT2D eigenvalue weighted by Gasteiger charge is 2.31. The minimum atomic E-state index is -4.63. The Bertz CT molecular complexity index is 759. The van der Waals surface area contributed by atoms with Gasteiger partial charge in [-0.25, -0.2) is 4.99 Å². The van der Waals surface area contributed by atoms with Gasteiger partial charge in [0.25, 0.3) is 5.91 Å². The van der Waals surface area contributed by atoms with E-state index in [1.54, 1.807) is 24.3 Å². The van der Waals surface area contributed by atoms with Gasteiger partial charge in [-0.3, -0.25) is 10.1 Å². The minimum absolute atomic E-state index is 0.196. The first-order valence-corrected chi connectivity index (χ1v) is 6.83. The first-order valence-electron chi connectivity index (χ1n) is 6.83. The van der Waals surface area contributed by atoms with Crippen LogP contribution in [0.1, 0.15) is 21.5 Å². The Hall–Kier alpha value is -3.03. The first kappa shape index (κ1) is 17.3. The Kier molecular flexibility index (Phi) is 5.08. The summed E-state index contributed by atoms with van der Waals surface area (Å²) in [7, 11) is 0. The fourth-order valence-corrected chi connectivity index (χ4v) is 1.88. The van der Waals surface area contributed by atoms with Gasteiger partial charge < -0.3 is 10.8 Å². The number of aromatic hydroxyl groups is 1. The van der Waals surface area contributed by atoms with E-state index in [-0.39, 0.29) is 12.5 Å². The quantitative estimate of drug-likeness (QED) is 0.594. The van der Waals surface area contributed by atoms with Crippen LogP contribution in [0.25, 0.3) is 0 Å². The third-order valence-corrected chi connectivity index (χ3v) is 3.08. The third-order valence-electron chi connectivity index (χ3n) is 3.08. The van der Waals surface area contributed by atoms with Crippen molar-refractivity contribution in [2.45, 2.75) is 12.7 Å². The molecule has 8 heteroatoms. The fourth-order valence-electron chi connectivity index (χ4n) is 1.88. The zero-order valence-corrected chi connectivity index (χ0v) is 12.3. The maximum Gasteiger partial charge on any atom is 0.416 e. The number of phenols is 1. The van der Waals surface area contributed by atoms with Gasteiger partial charge in [0.15, 0.2) is 5.96 Å². The lowest BCUT2D eigenvalue weighted by atomic mass is 10.1. The number of halogens is 3. The van der Waals surface area contributed by atoms with Gasteiger partial charge in [-0.1, -0.05) is 30.3 Å². The van der Waals surface area contributed by atoms with Crippen LogP contribution in [-0.2, 0) is 12.7 Å². The van der Waals surface area contributed by atoms with E-state index in [9.17, 15) is 23.1 Å². The van der Waals surface area contributed by atoms with Crippen molar-refractivity contribution in [1.29, 1.82) is 0 Å². The van der Waals surface area contributed by atoms with Crippen LogP contribution in [0.4, 0.5) is 13.2 Å². The van der Waals surface area contributed by atoms with E-state index < -0.39 is 29.0 Å². The maximum atomic E-state index is 12.7. The lowest BCUT2D eigenvalue weighted by Gasteiger charge is -2.10. The molecule has 0 unspecified atom stereocenters. The summed E-state index contributed by atoms with van der Waals surface area (Å²) in [6.45, 7) is 0.196. The van der Waals surface area contributed by atoms with Crippen molar-refractivity contribution in [3.63, 3.8) is 0 Å². The van der Waals surface area contributed by atoms with Crippen LogP contribution in [-0.4, -0.2) is 17.0 Å². The second-order valence-electron chi connectivity index (χ2n) is 4.87. The van der Waals surface area contributed by atoms with Gasteiger partial charge in [0, 0.05) is 0 Å². The Morgan fingerprint density at radius 1 is 1.17 bits per heavy atom. The molecule has 0 atom stereocenters. The number of carbonyl (C=O) groups excluding carboxylic acids is 1. The molecule has 4 N–H and O–H groups in total. The number of phenolic OH excluding ortho intramolecular Hbond substituents is 1. The molecule has 0 spiro atoms. The van der Waals surface area contributed by atoms with Crippen LogP contribution in [0, 0.1) is 0 Å². The lowest BCUT2D eigenvalue weighted by Crippen LogP contribution is -2.37. The van der Waals surface area contributed by atoms with Crippen LogP contribution in [0.15, 0.2) is 53.5 Å². The van der Waals surface area contributed by atoms with Crippen LogP contribution in [0.5, 0.6) is 5.75 Å². The summed E-state index contributed by atoms with van der Waals surface area (Å²) in [4.78, 5) is 15.9. The number of nitrogens with two attached hydrogens (primary N) is 1. The van der Waals surface area contributed by atoms with E-state index in [1.165, 1.54) is 0 Å². The molecule has 0 radical (unpaired) electrons. The van der Waals surface area contributed by atoms with Crippen LogP contribution in [0.2, 0.25) is 0 Å². The highest BCUT2D eigenvalue weighted by Crippen LogP contribution is 2.32. The molecular weight excluding hydrogens is 323 g/mol. The normalized spacial score (nSPS) is 12.0. The van der Waals surface area contributed by atoms with Gasteiger partial charge in [0.1, 0.15) is 5.75 Å². The number of hydrogen-bond donors (Lipinski definition) is 3. The highest BCUT2D eigenvalue weighted by atomic mass is 19.4. The summed E-state index contributed by atoms with van der Waals surface area (Å²) in [5, 5.41) is 11.7. The fraction of sp³-hybridized carbons (Fsp3) is 0.125. The average Bonchev–Trinajstić information content (AvgIpc) is 2.53. The summed E-state index contributed by atoms with van der Waals surface area (Å²) in [6, 6.07) is 11.1. The number of carbonyl (C=O) groups is 1. The molecule has 24 heavy (non-hydrogen) atoms. The van der Waals surface area contributed by atoms with Crippen LogP contribution in [0.3, 0.4) is 0 Å². The predicted molar refractivity (Wildman–Crippen MR) is 82.3 cm³/mol. The molecule has 0 bridgehead atoms. The van der Waals surface area contributed by atoms with E-state index >= 15 is 0 Å². The van der Waals surface area contributed by atoms with Crippen molar-refractivity contribution in [2.75, 3.05) is 0 Å². The molecule has 2 rings (SSSR count). The Balaban J connectivity index is 2.11. The van der Waals surface area contributed by atoms with E-state index in [2.05, 4.69) is 10.3 Å². The molecule has 5 nitrogen and oxygen atoms in total. The topological polar surface area (TPSA) is 87.7 Å². The molecule has 0 aliphatic heterocycles. The summed E-state index contributed by atoms with van der Waals surface area (Å²) in [5.41, 5.74) is 4.80. The summed E-state index contributed by atoms with van der Waals surface area (Å²) in [6.07, 6.45) is -4.63. The van der Waals surface area contributed by atoms with Gasteiger partial charge in [-0.05, 0) is 23.8 Å². The first-order chi connectivity index (χ1) is 11.3. The number of hydrogen-bond acceptors (Lipinski definition) is 3. The minimum Gasteiger partial charge on any atom is -0.507 e. The van der Waals surface area contributed by atoms with Crippen molar-refractivity contribution in [2.24, 2.45) is 10.7 Å². The van der Waals surface area contributed by atoms with Crippen molar-refractivity contribution < 1.29 is 23.1 Å². The monoisotopic (exact) mass is 337 g/mol. The number of rotatable bonds is 3. The molecule has 1 amide bonds. The molecule has 0 aliphatic rings. The number of benzene rings is 2. The molecule has 0 fully saturated rings. The van der Waals surface area contributed by atoms with Gasteiger partial charge in [0.2, 0.25) is 0 Å². The summed E-state index contributed by atoms with van der Waals surface area (Å²) >= 11 is 0. The molecule has 0 saturated carbocycles. The van der Waals surface area contributed by atoms with Crippen molar-refractivity contribution >= 4 is 11.9 Å². The molecule has 2 aromatic carbocycles. The van der Waals surface area contributed by atoms with Crippen molar-refractivity contribution in [3.8, 4) is 5.75 Å². The van der Waals surface area contributed by atoms with E-state index in [1.807, 2.05) is 6.07 Å². The Labute approximate surface area is 135 Å². The number of nitrogens with zero attached hydrogens (tertiary/aromatic N) is 1. The second-order valence-corrected chi connectivity index (χ2v) is 4.87. The van der Waals surface area contributed by atoms with Crippen molar-refractivity contribution in [3.05, 3.63) is 65.2 Å². The predicted octanol–water partition coefficient (Wildman–Crippen LogP) is 2.66. The number of guanidine groups is 1. The van der Waals surface area contributed by atoms with Crippen molar-refractivity contribution in [1.82, 2.24) is 5.32 Å². The molecule has 0 aliphatic carbocycles.